The zero-order valence-electron chi connectivity index (χ0n) is 11.1. The molecule has 4 nitrogen and oxygen atoms in total. The van der Waals surface area contributed by atoms with Crippen molar-refractivity contribution in [3.05, 3.63) is 20.7 Å². The van der Waals surface area contributed by atoms with E-state index in [0.29, 0.717) is 6.04 Å². The lowest BCUT2D eigenvalue weighted by Gasteiger charge is -2.19. The van der Waals surface area contributed by atoms with Crippen LogP contribution in [0.5, 0.6) is 0 Å². The quantitative estimate of drug-likeness (QED) is 0.857. The van der Waals surface area contributed by atoms with Crippen molar-refractivity contribution in [3.63, 3.8) is 0 Å². The minimum atomic E-state index is 0.0433. The van der Waals surface area contributed by atoms with E-state index >= 15 is 0 Å². The van der Waals surface area contributed by atoms with Crippen molar-refractivity contribution in [1.82, 2.24) is 15.2 Å². The third kappa shape index (κ3) is 4.23. The highest BCUT2D eigenvalue weighted by Crippen LogP contribution is 2.12. The Labute approximate surface area is 112 Å². The Kier molecular flexibility index (Phi) is 5.41. The van der Waals surface area contributed by atoms with Gasteiger partial charge in [-0.1, -0.05) is 18.3 Å². The van der Waals surface area contributed by atoms with E-state index in [0.717, 1.165) is 12.2 Å². The fraction of sp³-hybridized carbons (Fsp3) is 0.769. The first kappa shape index (κ1) is 13.8. The van der Waals surface area contributed by atoms with Crippen LogP contribution < -0.4 is 10.2 Å². The Morgan fingerprint density at radius 3 is 3.11 bits per heavy atom. The van der Waals surface area contributed by atoms with Crippen molar-refractivity contribution in [1.29, 1.82) is 0 Å². The zero-order chi connectivity index (χ0) is 12.8. The molecule has 5 heteroatoms. The van der Waals surface area contributed by atoms with Gasteiger partial charge in [0.1, 0.15) is 0 Å². The molecule has 0 amide bonds. The van der Waals surface area contributed by atoms with E-state index < -0.39 is 0 Å². The Bertz CT molecular complexity index is 401. The molecule has 1 aliphatic rings. The highest BCUT2D eigenvalue weighted by atomic mass is 32.1. The average Bonchev–Trinajstić information content (AvgIpc) is 2.64. The number of nitrogens with zero attached hydrogens (tertiary/aromatic N) is 1. The second-order valence-corrected chi connectivity index (χ2v) is 5.87. The second-order valence-electron chi connectivity index (χ2n) is 5.02. The van der Waals surface area contributed by atoms with Gasteiger partial charge in [-0.3, -0.25) is 4.79 Å². The van der Waals surface area contributed by atoms with Crippen molar-refractivity contribution in [3.8, 4) is 0 Å². The highest BCUT2D eigenvalue weighted by molar-refractivity contribution is 7.07. The summed E-state index contributed by atoms with van der Waals surface area (Å²) in [7, 11) is 0. The molecule has 2 N–H and O–H groups in total. The first-order valence-electron chi connectivity index (χ1n) is 6.90. The zero-order valence-corrected chi connectivity index (χ0v) is 11.9. The van der Waals surface area contributed by atoms with Gasteiger partial charge in [0.15, 0.2) is 0 Å². The first-order valence-corrected chi connectivity index (χ1v) is 7.78. The van der Waals surface area contributed by atoms with E-state index in [2.05, 4.69) is 22.1 Å². The fourth-order valence-corrected chi connectivity index (χ4v) is 3.14. The van der Waals surface area contributed by atoms with Crippen LogP contribution >= 0.6 is 11.3 Å². The average molecular weight is 269 g/mol. The molecule has 2 heterocycles. The van der Waals surface area contributed by atoms with Crippen LogP contribution in [-0.4, -0.2) is 35.6 Å². The molecule has 0 saturated carbocycles. The van der Waals surface area contributed by atoms with E-state index in [1.54, 1.807) is 0 Å². The van der Waals surface area contributed by atoms with E-state index in [9.17, 15) is 4.79 Å². The van der Waals surface area contributed by atoms with Crippen molar-refractivity contribution < 1.29 is 0 Å². The predicted octanol–water partition coefficient (Wildman–Crippen LogP) is 1.79. The molecule has 1 saturated heterocycles. The summed E-state index contributed by atoms with van der Waals surface area (Å²) >= 11 is 1.24. The molecule has 0 bridgehead atoms. The van der Waals surface area contributed by atoms with Gasteiger partial charge in [-0.15, -0.1) is 0 Å². The van der Waals surface area contributed by atoms with Gasteiger partial charge < -0.3 is 15.2 Å². The maximum absolute atomic E-state index is 11.0. The number of H-pyrrole nitrogens is 1. The van der Waals surface area contributed by atoms with E-state index in [1.165, 1.54) is 56.7 Å². The van der Waals surface area contributed by atoms with Crippen molar-refractivity contribution in [2.75, 3.05) is 19.6 Å². The molecular weight excluding hydrogens is 246 g/mol. The van der Waals surface area contributed by atoms with Crippen LogP contribution in [0.4, 0.5) is 0 Å². The standard InChI is InChI=1S/C13H23N3OS/c1-2-6-16-7-3-4-11(5-8-16)14-9-12-10-18-13(17)15-12/h10-11,14H,2-9H2,1H3,(H,15,17). The van der Waals surface area contributed by atoms with E-state index in [1.807, 2.05) is 5.38 Å². The molecule has 0 aliphatic carbocycles. The van der Waals surface area contributed by atoms with Gasteiger partial charge in [0.2, 0.25) is 0 Å². The van der Waals surface area contributed by atoms with Crippen LogP contribution in [0, 0.1) is 0 Å². The number of aromatic nitrogens is 1. The molecule has 0 aromatic carbocycles. The smallest absolute Gasteiger partial charge is 0.304 e. The van der Waals surface area contributed by atoms with Gasteiger partial charge >= 0.3 is 4.87 Å². The number of likely N-dealkylation sites (tertiary alicyclic amines) is 1. The van der Waals surface area contributed by atoms with Crippen LogP contribution in [0.2, 0.25) is 0 Å². The number of aromatic amines is 1. The number of nitrogens with one attached hydrogen (secondary N) is 2. The number of rotatable bonds is 5. The fourth-order valence-electron chi connectivity index (χ4n) is 2.55. The number of hydrogen-bond acceptors (Lipinski definition) is 4. The molecule has 1 aliphatic heterocycles. The van der Waals surface area contributed by atoms with Crippen molar-refractivity contribution >= 4 is 11.3 Å². The van der Waals surface area contributed by atoms with Crippen LogP contribution in [-0.2, 0) is 6.54 Å². The van der Waals surface area contributed by atoms with Gasteiger partial charge in [0, 0.05) is 23.7 Å². The van der Waals surface area contributed by atoms with Crippen LogP contribution in [0.3, 0.4) is 0 Å². The molecule has 1 unspecified atom stereocenters. The van der Waals surface area contributed by atoms with Crippen LogP contribution in [0.1, 0.15) is 38.3 Å². The lowest BCUT2D eigenvalue weighted by atomic mass is 10.1. The monoisotopic (exact) mass is 269 g/mol. The largest absolute Gasteiger partial charge is 0.315 e. The maximum atomic E-state index is 11.0. The summed E-state index contributed by atoms with van der Waals surface area (Å²) in [6, 6.07) is 0.593. The minimum Gasteiger partial charge on any atom is -0.315 e. The normalized spacial score (nSPS) is 21.9. The summed E-state index contributed by atoms with van der Waals surface area (Å²) in [5.41, 5.74) is 1.01. The van der Waals surface area contributed by atoms with E-state index in [-0.39, 0.29) is 4.87 Å². The van der Waals surface area contributed by atoms with Crippen LogP contribution in [0.25, 0.3) is 0 Å². The second kappa shape index (κ2) is 7.07. The molecule has 102 valence electrons. The third-order valence-corrected chi connectivity index (χ3v) is 4.23. The molecule has 18 heavy (non-hydrogen) atoms. The molecule has 2 rings (SSSR count). The molecule has 0 spiro atoms. The number of hydrogen-bond donors (Lipinski definition) is 2. The molecular formula is C13H23N3OS. The Morgan fingerprint density at radius 2 is 2.39 bits per heavy atom. The third-order valence-electron chi connectivity index (χ3n) is 3.51. The van der Waals surface area contributed by atoms with Crippen molar-refractivity contribution in [2.24, 2.45) is 0 Å². The van der Waals surface area contributed by atoms with Crippen molar-refractivity contribution in [2.45, 2.75) is 45.2 Å². The molecule has 1 atom stereocenters. The van der Waals surface area contributed by atoms with E-state index in [4.69, 9.17) is 0 Å². The van der Waals surface area contributed by atoms with Gasteiger partial charge in [-0.05, 0) is 45.3 Å². The molecule has 1 fully saturated rings. The van der Waals surface area contributed by atoms with Crippen LogP contribution in [0.15, 0.2) is 10.2 Å². The summed E-state index contributed by atoms with van der Waals surface area (Å²) < 4.78 is 0. The predicted molar refractivity (Wildman–Crippen MR) is 76.1 cm³/mol. The summed E-state index contributed by atoms with van der Waals surface area (Å²) in [5.74, 6) is 0. The summed E-state index contributed by atoms with van der Waals surface area (Å²) in [5, 5.41) is 5.48. The summed E-state index contributed by atoms with van der Waals surface area (Å²) in [6.45, 7) is 6.70. The molecule has 1 aromatic rings. The lowest BCUT2D eigenvalue weighted by Crippen LogP contribution is -2.31. The van der Waals surface area contributed by atoms with Gasteiger partial charge in [-0.25, -0.2) is 0 Å². The van der Waals surface area contributed by atoms with Gasteiger partial charge in [0.25, 0.3) is 0 Å². The summed E-state index contributed by atoms with van der Waals surface area (Å²) in [4.78, 5) is 16.5. The van der Waals surface area contributed by atoms with Gasteiger partial charge in [0.05, 0.1) is 0 Å². The van der Waals surface area contributed by atoms with Gasteiger partial charge in [-0.2, -0.15) is 0 Å². The highest BCUT2D eigenvalue weighted by Gasteiger charge is 2.15. The Balaban J connectivity index is 1.75. The number of thiazole rings is 1. The maximum Gasteiger partial charge on any atom is 0.304 e. The Hall–Kier alpha value is -0.650. The minimum absolute atomic E-state index is 0.0433. The SMILES string of the molecule is CCCN1CCCC(NCc2csc(=O)[nH]2)CC1. The lowest BCUT2D eigenvalue weighted by molar-refractivity contribution is 0.282. The topological polar surface area (TPSA) is 48.1 Å². The Morgan fingerprint density at radius 1 is 1.50 bits per heavy atom. The molecule has 0 radical (unpaired) electrons. The first-order chi connectivity index (χ1) is 8.78. The summed E-state index contributed by atoms with van der Waals surface area (Å²) in [6.07, 6.45) is 4.98. The molecule has 1 aromatic heterocycles.